The van der Waals surface area contributed by atoms with E-state index in [-0.39, 0.29) is 0 Å². The highest BCUT2D eigenvalue weighted by molar-refractivity contribution is 8.00. The standard InChI is InChI=1S/C10H21NOS/c1-3-5-11-9-7-10(13-8-9)4-6-12-2/h9-11H,3-8H2,1-2H3. The summed E-state index contributed by atoms with van der Waals surface area (Å²) < 4.78 is 5.09. The average Bonchev–Trinajstić information content (AvgIpc) is 2.59. The van der Waals surface area contributed by atoms with Gasteiger partial charge in [0.15, 0.2) is 0 Å². The third-order valence-corrected chi connectivity index (χ3v) is 3.90. The number of hydrogen-bond donors (Lipinski definition) is 1. The molecule has 0 radical (unpaired) electrons. The maximum absolute atomic E-state index is 5.09. The summed E-state index contributed by atoms with van der Waals surface area (Å²) >= 11 is 2.10. The molecule has 0 aliphatic carbocycles. The zero-order valence-electron chi connectivity index (χ0n) is 8.71. The van der Waals surface area contributed by atoms with Crippen molar-refractivity contribution in [1.82, 2.24) is 5.32 Å². The molecule has 3 heteroatoms. The Hall–Kier alpha value is 0.270. The molecule has 1 fully saturated rings. The predicted molar refractivity (Wildman–Crippen MR) is 59.4 cm³/mol. The molecule has 0 bridgehead atoms. The Labute approximate surface area is 85.8 Å². The lowest BCUT2D eigenvalue weighted by Gasteiger charge is -2.11. The minimum absolute atomic E-state index is 0.756. The lowest BCUT2D eigenvalue weighted by Crippen LogP contribution is -2.29. The van der Waals surface area contributed by atoms with Gasteiger partial charge < -0.3 is 10.1 Å². The maximum Gasteiger partial charge on any atom is 0.0472 e. The van der Waals surface area contributed by atoms with Crippen LogP contribution in [0.1, 0.15) is 26.2 Å². The Morgan fingerprint density at radius 1 is 1.54 bits per heavy atom. The van der Waals surface area contributed by atoms with Crippen LogP contribution in [0.4, 0.5) is 0 Å². The van der Waals surface area contributed by atoms with Gasteiger partial charge in [0, 0.05) is 30.8 Å². The molecular weight excluding hydrogens is 182 g/mol. The summed E-state index contributed by atoms with van der Waals surface area (Å²) in [6, 6.07) is 0.756. The lowest BCUT2D eigenvalue weighted by molar-refractivity contribution is 0.193. The van der Waals surface area contributed by atoms with Gasteiger partial charge in [-0.2, -0.15) is 11.8 Å². The molecule has 0 aromatic carbocycles. The number of hydrogen-bond acceptors (Lipinski definition) is 3. The van der Waals surface area contributed by atoms with E-state index >= 15 is 0 Å². The van der Waals surface area contributed by atoms with Crippen molar-refractivity contribution < 1.29 is 4.74 Å². The van der Waals surface area contributed by atoms with Crippen molar-refractivity contribution in [2.45, 2.75) is 37.5 Å². The van der Waals surface area contributed by atoms with Crippen LogP contribution >= 0.6 is 11.8 Å². The highest BCUT2D eigenvalue weighted by Gasteiger charge is 2.23. The fraction of sp³-hybridized carbons (Fsp3) is 1.00. The summed E-state index contributed by atoms with van der Waals surface area (Å²) in [5, 5.41) is 4.40. The zero-order chi connectivity index (χ0) is 9.52. The van der Waals surface area contributed by atoms with Crippen LogP contribution in [-0.4, -0.2) is 37.3 Å². The summed E-state index contributed by atoms with van der Waals surface area (Å²) in [6.45, 7) is 4.30. The van der Waals surface area contributed by atoms with Crippen LogP contribution in [0.25, 0.3) is 0 Å². The largest absolute Gasteiger partial charge is 0.385 e. The normalized spacial score (nSPS) is 28.2. The van der Waals surface area contributed by atoms with Crippen molar-refractivity contribution >= 4 is 11.8 Å². The van der Waals surface area contributed by atoms with Crippen molar-refractivity contribution in [2.24, 2.45) is 0 Å². The van der Waals surface area contributed by atoms with Gasteiger partial charge in [-0.3, -0.25) is 0 Å². The molecule has 0 saturated carbocycles. The first-order valence-electron chi connectivity index (χ1n) is 5.20. The molecule has 2 nitrogen and oxygen atoms in total. The third-order valence-electron chi connectivity index (χ3n) is 2.41. The number of rotatable bonds is 6. The second-order valence-corrected chi connectivity index (χ2v) is 4.96. The molecule has 0 aromatic rings. The van der Waals surface area contributed by atoms with Gasteiger partial charge in [-0.05, 0) is 25.8 Å². The van der Waals surface area contributed by atoms with E-state index in [2.05, 4.69) is 24.0 Å². The van der Waals surface area contributed by atoms with Crippen molar-refractivity contribution in [3.8, 4) is 0 Å². The molecule has 2 atom stereocenters. The van der Waals surface area contributed by atoms with Crippen LogP contribution in [0.5, 0.6) is 0 Å². The van der Waals surface area contributed by atoms with E-state index < -0.39 is 0 Å². The van der Waals surface area contributed by atoms with E-state index in [1.54, 1.807) is 7.11 Å². The molecule has 1 saturated heterocycles. The summed E-state index contributed by atoms with van der Waals surface area (Å²) in [7, 11) is 1.78. The fourth-order valence-electron chi connectivity index (χ4n) is 1.65. The number of thioether (sulfide) groups is 1. The van der Waals surface area contributed by atoms with Crippen LogP contribution in [0, 0.1) is 0 Å². The Morgan fingerprint density at radius 2 is 2.38 bits per heavy atom. The quantitative estimate of drug-likeness (QED) is 0.712. The van der Waals surface area contributed by atoms with Crippen LogP contribution in [0.3, 0.4) is 0 Å². The molecule has 1 aliphatic rings. The van der Waals surface area contributed by atoms with Gasteiger partial charge in [0.2, 0.25) is 0 Å². The highest BCUT2D eigenvalue weighted by atomic mass is 32.2. The van der Waals surface area contributed by atoms with Crippen LogP contribution < -0.4 is 5.32 Å². The molecule has 1 heterocycles. The van der Waals surface area contributed by atoms with Crippen LogP contribution in [-0.2, 0) is 4.74 Å². The Kier molecular flexibility index (Phi) is 5.83. The van der Waals surface area contributed by atoms with Gasteiger partial charge in [0.1, 0.15) is 0 Å². The Bertz CT molecular complexity index is 118. The van der Waals surface area contributed by atoms with Gasteiger partial charge in [0.25, 0.3) is 0 Å². The van der Waals surface area contributed by atoms with E-state index in [1.807, 2.05) is 0 Å². The van der Waals surface area contributed by atoms with Crippen LogP contribution in [0.15, 0.2) is 0 Å². The number of ether oxygens (including phenoxy) is 1. The van der Waals surface area contributed by atoms with Crippen molar-refractivity contribution in [2.75, 3.05) is 26.0 Å². The summed E-state index contributed by atoms with van der Waals surface area (Å²) in [5.41, 5.74) is 0. The second-order valence-electron chi connectivity index (χ2n) is 3.62. The first-order chi connectivity index (χ1) is 6.36. The van der Waals surface area contributed by atoms with E-state index in [9.17, 15) is 0 Å². The van der Waals surface area contributed by atoms with E-state index in [0.717, 1.165) is 17.9 Å². The second kappa shape index (κ2) is 6.68. The number of nitrogens with one attached hydrogen (secondary N) is 1. The maximum atomic E-state index is 5.09. The molecule has 1 N–H and O–H groups in total. The van der Waals surface area contributed by atoms with Crippen molar-refractivity contribution in [3.63, 3.8) is 0 Å². The zero-order valence-corrected chi connectivity index (χ0v) is 9.53. The highest BCUT2D eigenvalue weighted by Crippen LogP contribution is 2.29. The molecule has 0 aromatic heterocycles. The topological polar surface area (TPSA) is 21.3 Å². The van der Waals surface area contributed by atoms with Crippen molar-refractivity contribution in [3.05, 3.63) is 0 Å². The molecule has 1 aliphatic heterocycles. The van der Waals surface area contributed by atoms with Crippen molar-refractivity contribution in [1.29, 1.82) is 0 Å². The SMILES string of the molecule is CCCNC1CSC(CCOC)C1. The first-order valence-corrected chi connectivity index (χ1v) is 6.25. The van der Waals surface area contributed by atoms with Gasteiger partial charge >= 0.3 is 0 Å². The van der Waals surface area contributed by atoms with E-state index in [0.29, 0.717) is 0 Å². The minimum atomic E-state index is 0.756. The molecule has 2 unspecified atom stereocenters. The number of methoxy groups -OCH3 is 1. The average molecular weight is 203 g/mol. The monoisotopic (exact) mass is 203 g/mol. The van der Waals surface area contributed by atoms with E-state index in [1.165, 1.54) is 31.6 Å². The predicted octanol–water partition coefficient (Wildman–Crippen LogP) is 1.90. The molecule has 13 heavy (non-hydrogen) atoms. The van der Waals surface area contributed by atoms with Gasteiger partial charge in [0.05, 0.1) is 0 Å². The first kappa shape index (κ1) is 11.3. The van der Waals surface area contributed by atoms with Gasteiger partial charge in [-0.25, -0.2) is 0 Å². The molecule has 0 spiro atoms. The summed E-state index contributed by atoms with van der Waals surface area (Å²) in [5.74, 6) is 1.29. The summed E-state index contributed by atoms with van der Waals surface area (Å²) in [4.78, 5) is 0. The van der Waals surface area contributed by atoms with E-state index in [4.69, 9.17) is 4.74 Å². The smallest absolute Gasteiger partial charge is 0.0472 e. The third kappa shape index (κ3) is 4.34. The van der Waals surface area contributed by atoms with Gasteiger partial charge in [-0.1, -0.05) is 6.92 Å². The molecule has 0 amide bonds. The fourth-order valence-corrected chi connectivity index (χ4v) is 3.04. The van der Waals surface area contributed by atoms with Crippen LogP contribution in [0.2, 0.25) is 0 Å². The molecule has 1 rings (SSSR count). The summed E-state index contributed by atoms with van der Waals surface area (Å²) in [6.07, 6.45) is 3.78. The molecular formula is C10H21NOS. The molecule has 78 valence electrons. The minimum Gasteiger partial charge on any atom is -0.385 e. The Balaban J connectivity index is 2.05. The van der Waals surface area contributed by atoms with Gasteiger partial charge in [-0.15, -0.1) is 0 Å². The lowest BCUT2D eigenvalue weighted by atomic mass is 10.1. The Morgan fingerprint density at radius 3 is 3.08 bits per heavy atom.